The van der Waals surface area contributed by atoms with Crippen molar-refractivity contribution in [2.75, 3.05) is 5.32 Å². The third-order valence-corrected chi connectivity index (χ3v) is 2.54. The lowest BCUT2D eigenvalue weighted by Gasteiger charge is -2.21. The lowest BCUT2D eigenvalue weighted by Crippen LogP contribution is -2.09. The first kappa shape index (κ1) is 9.07. The van der Waals surface area contributed by atoms with E-state index in [0.717, 1.165) is 6.42 Å². The minimum atomic E-state index is 1.06. The highest BCUT2D eigenvalue weighted by atomic mass is 14.9. The van der Waals surface area contributed by atoms with E-state index in [2.05, 4.69) is 48.7 Å². The van der Waals surface area contributed by atoms with Crippen LogP contribution in [0.25, 0.3) is 0 Å². The van der Waals surface area contributed by atoms with E-state index in [1.54, 1.807) is 0 Å². The molecule has 1 aromatic rings. The Kier molecular flexibility index (Phi) is 2.40. The molecule has 72 valence electrons. The molecule has 0 aliphatic carbocycles. The molecule has 0 fully saturated rings. The Bertz CT molecular complexity index is 399. The standard InChI is InChI=1S/C13H15N/c1-3-6-12-10(2)9-11-7-4-5-8-13(11)14-12/h3-8,14H,9H2,1-2H3/b6-3-. The van der Waals surface area contributed by atoms with Crippen molar-refractivity contribution in [1.82, 2.24) is 0 Å². The van der Waals surface area contributed by atoms with Crippen molar-refractivity contribution in [3.05, 3.63) is 53.3 Å². The van der Waals surface area contributed by atoms with Gasteiger partial charge >= 0.3 is 0 Å². The van der Waals surface area contributed by atoms with Gasteiger partial charge in [0.2, 0.25) is 0 Å². The number of hydrogen-bond acceptors (Lipinski definition) is 1. The molecular weight excluding hydrogens is 170 g/mol. The minimum absolute atomic E-state index is 1.06. The van der Waals surface area contributed by atoms with Crippen molar-refractivity contribution in [2.24, 2.45) is 0 Å². The molecule has 0 saturated heterocycles. The smallest absolute Gasteiger partial charge is 0.0420 e. The van der Waals surface area contributed by atoms with Crippen LogP contribution in [0.1, 0.15) is 19.4 Å². The summed E-state index contributed by atoms with van der Waals surface area (Å²) < 4.78 is 0. The van der Waals surface area contributed by atoms with Gasteiger partial charge in [0.25, 0.3) is 0 Å². The minimum Gasteiger partial charge on any atom is -0.355 e. The zero-order valence-corrected chi connectivity index (χ0v) is 8.67. The predicted octanol–water partition coefficient (Wildman–Crippen LogP) is 3.50. The fourth-order valence-electron chi connectivity index (χ4n) is 1.78. The molecule has 0 saturated carbocycles. The van der Waals surface area contributed by atoms with Gasteiger partial charge in [-0.1, -0.05) is 24.3 Å². The second kappa shape index (κ2) is 3.70. The molecule has 1 aliphatic rings. The van der Waals surface area contributed by atoms with Crippen LogP contribution < -0.4 is 5.32 Å². The number of fused-ring (bicyclic) bond motifs is 1. The van der Waals surface area contributed by atoms with Gasteiger partial charge < -0.3 is 5.32 Å². The molecule has 0 aromatic heterocycles. The van der Waals surface area contributed by atoms with Crippen LogP contribution in [0.4, 0.5) is 5.69 Å². The van der Waals surface area contributed by atoms with Crippen LogP contribution in [0, 0.1) is 0 Å². The summed E-state index contributed by atoms with van der Waals surface area (Å²) in [5, 5.41) is 3.44. The molecule has 0 atom stereocenters. The van der Waals surface area contributed by atoms with Crippen molar-refractivity contribution in [1.29, 1.82) is 0 Å². The van der Waals surface area contributed by atoms with E-state index in [4.69, 9.17) is 0 Å². The first-order chi connectivity index (χ1) is 6.81. The van der Waals surface area contributed by atoms with Crippen molar-refractivity contribution < 1.29 is 0 Å². The lowest BCUT2D eigenvalue weighted by molar-refractivity contribution is 1.08. The predicted molar refractivity (Wildman–Crippen MR) is 61.3 cm³/mol. The number of anilines is 1. The number of rotatable bonds is 1. The zero-order chi connectivity index (χ0) is 9.97. The molecule has 0 unspecified atom stereocenters. The Balaban J connectivity index is 2.36. The summed E-state index contributed by atoms with van der Waals surface area (Å²) in [5.74, 6) is 0. The lowest BCUT2D eigenvalue weighted by atomic mass is 9.98. The van der Waals surface area contributed by atoms with E-state index in [1.165, 1.54) is 22.5 Å². The van der Waals surface area contributed by atoms with E-state index < -0.39 is 0 Å². The van der Waals surface area contributed by atoms with Gasteiger partial charge in [-0.15, -0.1) is 0 Å². The number of nitrogens with one attached hydrogen (secondary N) is 1. The van der Waals surface area contributed by atoms with E-state index in [-0.39, 0.29) is 0 Å². The molecule has 0 radical (unpaired) electrons. The molecule has 0 amide bonds. The summed E-state index contributed by atoms with van der Waals surface area (Å²) in [7, 11) is 0. The van der Waals surface area contributed by atoms with Crippen molar-refractivity contribution in [3.8, 4) is 0 Å². The third kappa shape index (κ3) is 1.58. The molecule has 2 rings (SSSR count). The van der Waals surface area contributed by atoms with Crippen LogP contribution in [0.5, 0.6) is 0 Å². The Labute approximate surface area is 85.2 Å². The van der Waals surface area contributed by atoms with E-state index in [1.807, 2.05) is 6.92 Å². The maximum Gasteiger partial charge on any atom is 0.0420 e. The van der Waals surface area contributed by atoms with Crippen LogP contribution in [-0.2, 0) is 6.42 Å². The zero-order valence-electron chi connectivity index (χ0n) is 8.67. The van der Waals surface area contributed by atoms with Crippen LogP contribution in [0.15, 0.2) is 47.7 Å². The second-order valence-corrected chi connectivity index (χ2v) is 3.65. The largest absolute Gasteiger partial charge is 0.355 e. The Hall–Kier alpha value is -1.50. The molecule has 1 N–H and O–H groups in total. The second-order valence-electron chi connectivity index (χ2n) is 3.65. The summed E-state index contributed by atoms with van der Waals surface area (Å²) >= 11 is 0. The molecule has 0 spiro atoms. The summed E-state index contributed by atoms with van der Waals surface area (Å²) in [6.45, 7) is 4.22. The average Bonchev–Trinajstić information content (AvgIpc) is 2.19. The number of hydrogen-bond donors (Lipinski definition) is 1. The van der Waals surface area contributed by atoms with Gasteiger partial charge in [-0.25, -0.2) is 0 Å². The van der Waals surface area contributed by atoms with Crippen LogP contribution in [0.3, 0.4) is 0 Å². The molecule has 1 heteroatoms. The van der Waals surface area contributed by atoms with Gasteiger partial charge in [0.1, 0.15) is 0 Å². The van der Waals surface area contributed by atoms with Crippen molar-refractivity contribution in [2.45, 2.75) is 20.3 Å². The molecule has 1 heterocycles. The first-order valence-corrected chi connectivity index (χ1v) is 4.98. The fourth-order valence-corrected chi connectivity index (χ4v) is 1.78. The van der Waals surface area contributed by atoms with E-state index in [0.29, 0.717) is 0 Å². The van der Waals surface area contributed by atoms with Crippen LogP contribution >= 0.6 is 0 Å². The van der Waals surface area contributed by atoms with Gasteiger partial charge in [0, 0.05) is 11.4 Å². The average molecular weight is 185 g/mol. The summed E-state index contributed by atoms with van der Waals surface area (Å²) in [6, 6.07) is 8.47. The van der Waals surface area contributed by atoms with Gasteiger partial charge in [0.05, 0.1) is 0 Å². The van der Waals surface area contributed by atoms with Crippen molar-refractivity contribution in [3.63, 3.8) is 0 Å². The number of benzene rings is 1. The van der Waals surface area contributed by atoms with Gasteiger partial charge in [-0.3, -0.25) is 0 Å². The fraction of sp³-hybridized carbons (Fsp3) is 0.231. The summed E-state index contributed by atoms with van der Waals surface area (Å²) in [6.07, 6.45) is 5.26. The van der Waals surface area contributed by atoms with Crippen molar-refractivity contribution >= 4 is 5.69 Å². The SMILES string of the molecule is C/C=C\C1=C(C)Cc2ccccc2N1. The molecule has 0 bridgehead atoms. The molecule has 1 aromatic carbocycles. The summed E-state index contributed by atoms with van der Waals surface area (Å²) in [5.41, 5.74) is 5.28. The molecule has 1 aliphatic heterocycles. The quantitative estimate of drug-likeness (QED) is 0.706. The Morgan fingerprint density at radius 3 is 2.86 bits per heavy atom. The Morgan fingerprint density at radius 1 is 1.29 bits per heavy atom. The van der Waals surface area contributed by atoms with Gasteiger partial charge in [-0.05, 0) is 43.5 Å². The van der Waals surface area contributed by atoms with Gasteiger partial charge in [-0.2, -0.15) is 0 Å². The van der Waals surface area contributed by atoms with Crippen LogP contribution in [-0.4, -0.2) is 0 Å². The first-order valence-electron chi connectivity index (χ1n) is 4.98. The highest BCUT2D eigenvalue weighted by Gasteiger charge is 2.11. The molecular formula is C13H15N. The normalized spacial score (nSPS) is 15.6. The molecule has 14 heavy (non-hydrogen) atoms. The highest BCUT2D eigenvalue weighted by molar-refractivity contribution is 5.61. The maximum atomic E-state index is 3.44. The maximum absolute atomic E-state index is 3.44. The number of para-hydroxylation sites is 1. The van der Waals surface area contributed by atoms with Gasteiger partial charge in [0.15, 0.2) is 0 Å². The third-order valence-electron chi connectivity index (χ3n) is 2.54. The summed E-state index contributed by atoms with van der Waals surface area (Å²) in [4.78, 5) is 0. The number of allylic oxidation sites excluding steroid dienone is 3. The van der Waals surface area contributed by atoms with E-state index >= 15 is 0 Å². The van der Waals surface area contributed by atoms with Crippen LogP contribution in [0.2, 0.25) is 0 Å². The monoisotopic (exact) mass is 185 g/mol. The topological polar surface area (TPSA) is 12.0 Å². The molecule has 1 nitrogen and oxygen atoms in total. The van der Waals surface area contributed by atoms with E-state index in [9.17, 15) is 0 Å². The highest BCUT2D eigenvalue weighted by Crippen LogP contribution is 2.27. The Morgan fingerprint density at radius 2 is 2.07 bits per heavy atom.